The maximum atomic E-state index is 11.5. The van der Waals surface area contributed by atoms with E-state index in [1.54, 1.807) is 32.9 Å². The Morgan fingerprint density at radius 2 is 1.81 bits per heavy atom. The molecule has 0 bridgehead atoms. The van der Waals surface area contributed by atoms with Gasteiger partial charge in [0.2, 0.25) is 0 Å². The fourth-order valence-corrected chi connectivity index (χ4v) is 3.42. The van der Waals surface area contributed by atoms with Crippen molar-refractivity contribution in [1.29, 1.82) is 0 Å². The van der Waals surface area contributed by atoms with Crippen LogP contribution in [0.3, 0.4) is 0 Å². The van der Waals surface area contributed by atoms with Crippen molar-refractivity contribution in [1.82, 2.24) is 0 Å². The molecule has 116 valence electrons. The zero-order valence-corrected chi connectivity index (χ0v) is 12.8. The van der Waals surface area contributed by atoms with Crippen molar-refractivity contribution in [2.45, 2.75) is 51.7 Å². The van der Waals surface area contributed by atoms with Gasteiger partial charge in [-0.15, -0.1) is 0 Å². The molecule has 21 heavy (non-hydrogen) atoms. The van der Waals surface area contributed by atoms with E-state index in [0.717, 1.165) is 5.56 Å². The highest BCUT2D eigenvalue weighted by Crippen LogP contribution is 2.60. The van der Waals surface area contributed by atoms with E-state index in [0.29, 0.717) is 12.8 Å². The molecule has 1 aromatic carbocycles. The van der Waals surface area contributed by atoms with Gasteiger partial charge in [0.05, 0.1) is 11.7 Å². The topological polar surface area (TPSA) is 80.6 Å². The number of aliphatic carboxylic acids is 1. The quantitative estimate of drug-likeness (QED) is 0.879. The summed E-state index contributed by atoms with van der Waals surface area (Å²) >= 11 is 0. The lowest BCUT2D eigenvalue weighted by molar-refractivity contribution is -0.325. The summed E-state index contributed by atoms with van der Waals surface area (Å²) in [6.07, 6.45) is -0.0127. The largest absolute Gasteiger partial charge is 0.550 e. The van der Waals surface area contributed by atoms with E-state index in [1.807, 2.05) is 18.2 Å². The van der Waals surface area contributed by atoms with E-state index in [-0.39, 0.29) is 6.42 Å². The first-order chi connectivity index (χ1) is 9.64. The third-order valence-electron chi connectivity index (χ3n) is 5.75. The number of carboxylic acids is 1. The predicted octanol–water partition coefficient (Wildman–Crippen LogP) is 1.42. The summed E-state index contributed by atoms with van der Waals surface area (Å²) in [4.78, 5) is 11.5. The molecule has 3 atom stereocenters. The Hall–Kier alpha value is -1.39. The molecule has 0 aromatic heterocycles. The van der Waals surface area contributed by atoms with Gasteiger partial charge in [0, 0.05) is 23.2 Å². The number of aliphatic hydroxyl groups excluding tert-OH is 1. The van der Waals surface area contributed by atoms with E-state index in [9.17, 15) is 20.1 Å². The number of hydrogen-bond donors (Lipinski definition) is 2. The highest BCUT2D eigenvalue weighted by atomic mass is 16.4. The van der Waals surface area contributed by atoms with Gasteiger partial charge in [-0.3, -0.25) is 0 Å². The summed E-state index contributed by atoms with van der Waals surface area (Å²) < 4.78 is 0. The first-order valence-corrected chi connectivity index (χ1v) is 7.31. The van der Waals surface area contributed by atoms with Gasteiger partial charge in [-0.25, -0.2) is 0 Å². The molecule has 2 N–H and O–H groups in total. The van der Waals surface area contributed by atoms with Gasteiger partial charge in [-0.2, -0.15) is 0 Å². The minimum absolute atomic E-state index is 0.118. The van der Waals surface area contributed by atoms with Gasteiger partial charge in [0.25, 0.3) is 0 Å². The summed E-state index contributed by atoms with van der Waals surface area (Å²) in [6, 6.07) is 9.11. The molecule has 1 aromatic rings. The second-order valence-corrected chi connectivity index (χ2v) is 6.91. The fourth-order valence-electron chi connectivity index (χ4n) is 3.42. The second-order valence-electron chi connectivity index (χ2n) is 6.91. The van der Waals surface area contributed by atoms with Crippen LogP contribution >= 0.6 is 0 Å². The van der Waals surface area contributed by atoms with Crippen molar-refractivity contribution in [3.8, 4) is 0 Å². The zero-order chi connectivity index (χ0) is 15.9. The lowest BCUT2D eigenvalue weighted by Gasteiger charge is -2.47. The molecule has 4 heteroatoms. The summed E-state index contributed by atoms with van der Waals surface area (Å²) in [7, 11) is 0. The summed E-state index contributed by atoms with van der Waals surface area (Å²) in [5.74, 6) is -1.14. The molecule has 1 fully saturated rings. The number of rotatable bonds is 4. The Morgan fingerprint density at radius 1 is 1.24 bits per heavy atom. The van der Waals surface area contributed by atoms with Gasteiger partial charge >= 0.3 is 0 Å². The highest BCUT2D eigenvalue weighted by molar-refractivity contribution is 5.74. The summed E-state index contributed by atoms with van der Waals surface area (Å²) in [5, 5.41) is 32.8. The van der Waals surface area contributed by atoms with Crippen molar-refractivity contribution >= 4 is 5.97 Å². The first kappa shape index (κ1) is 16.0. The van der Waals surface area contributed by atoms with Crippen molar-refractivity contribution < 1.29 is 20.1 Å². The molecule has 1 aliphatic carbocycles. The molecule has 4 nitrogen and oxygen atoms in total. The molecular formula is C17H23O4-. The van der Waals surface area contributed by atoms with Crippen LogP contribution in [0.15, 0.2) is 30.3 Å². The predicted molar refractivity (Wildman–Crippen MR) is 77.1 cm³/mol. The van der Waals surface area contributed by atoms with Crippen LogP contribution in [0.2, 0.25) is 0 Å². The molecule has 2 rings (SSSR count). The van der Waals surface area contributed by atoms with E-state index >= 15 is 0 Å². The third-order valence-corrected chi connectivity index (χ3v) is 5.75. The number of benzene rings is 1. The number of aliphatic hydroxyl groups is 2. The Bertz CT molecular complexity index is 525. The highest BCUT2D eigenvalue weighted by Gasteiger charge is 2.60. The van der Waals surface area contributed by atoms with Crippen LogP contribution in [-0.4, -0.2) is 21.8 Å². The molecule has 0 heterocycles. The first-order valence-electron chi connectivity index (χ1n) is 7.31. The molecule has 0 radical (unpaired) electrons. The number of carbonyl (C=O) groups excluding carboxylic acids is 1. The average molecular weight is 291 g/mol. The standard InChI is InChI=1S/C17H24O4/c1-15(2)16(3,14(19)20)9-10-17(15,21)11-13(18)12-7-5-4-6-8-12/h4-8,13,18,21H,9-11H2,1-3H3,(H,19,20)/p-1/t13-,16-,17+/m0/s1. The van der Waals surface area contributed by atoms with Gasteiger partial charge in [-0.05, 0) is 18.4 Å². The molecule has 0 spiro atoms. The number of carbonyl (C=O) groups is 1. The van der Waals surface area contributed by atoms with Crippen molar-refractivity contribution in [2.75, 3.05) is 0 Å². The van der Waals surface area contributed by atoms with Crippen LogP contribution < -0.4 is 5.11 Å². The van der Waals surface area contributed by atoms with Crippen LogP contribution in [0.1, 0.15) is 51.7 Å². The lowest BCUT2D eigenvalue weighted by Crippen LogP contribution is -2.54. The SMILES string of the molecule is CC1(C)[C@](O)(C[C@H](O)c2ccccc2)CC[C@@]1(C)C(=O)[O-]. The van der Waals surface area contributed by atoms with Crippen molar-refractivity contribution in [3.05, 3.63) is 35.9 Å². The van der Waals surface area contributed by atoms with Crippen molar-refractivity contribution in [2.24, 2.45) is 10.8 Å². The Balaban J connectivity index is 2.26. The van der Waals surface area contributed by atoms with E-state index < -0.39 is 28.5 Å². The minimum Gasteiger partial charge on any atom is -0.550 e. The smallest absolute Gasteiger partial charge is 0.0817 e. The molecule has 1 saturated carbocycles. The molecule has 0 amide bonds. The van der Waals surface area contributed by atoms with Gasteiger partial charge in [0.1, 0.15) is 0 Å². The van der Waals surface area contributed by atoms with Crippen LogP contribution in [0.5, 0.6) is 0 Å². The summed E-state index contributed by atoms with van der Waals surface area (Å²) in [5.41, 5.74) is -2.49. The van der Waals surface area contributed by atoms with Gasteiger partial charge in [-0.1, -0.05) is 51.1 Å². The Kier molecular flexibility index (Phi) is 3.89. The van der Waals surface area contributed by atoms with Crippen molar-refractivity contribution in [3.63, 3.8) is 0 Å². The van der Waals surface area contributed by atoms with E-state index in [1.165, 1.54) is 0 Å². The molecule has 1 aliphatic rings. The second kappa shape index (κ2) is 5.11. The molecule has 0 aliphatic heterocycles. The van der Waals surface area contributed by atoms with Gasteiger partial charge < -0.3 is 20.1 Å². The van der Waals surface area contributed by atoms with E-state index in [4.69, 9.17) is 0 Å². The Labute approximate surface area is 125 Å². The number of hydrogen-bond acceptors (Lipinski definition) is 4. The minimum atomic E-state index is -1.24. The van der Waals surface area contributed by atoms with Crippen LogP contribution in [0.25, 0.3) is 0 Å². The van der Waals surface area contributed by atoms with Gasteiger partial charge in [0.15, 0.2) is 0 Å². The number of carboxylic acid groups (broad SMARTS) is 1. The maximum Gasteiger partial charge on any atom is 0.0817 e. The van der Waals surface area contributed by atoms with Crippen LogP contribution in [0, 0.1) is 10.8 Å². The molecule has 0 saturated heterocycles. The van der Waals surface area contributed by atoms with Crippen LogP contribution in [0.4, 0.5) is 0 Å². The maximum absolute atomic E-state index is 11.5. The Morgan fingerprint density at radius 3 is 2.29 bits per heavy atom. The lowest BCUT2D eigenvalue weighted by atomic mass is 9.62. The van der Waals surface area contributed by atoms with Crippen LogP contribution in [-0.2, 0) is 4.79 Å². The monoisotopic (exact) mass is 291 g/mol. The normalized spacial score (nSPS) is 32.8. The van der Waals surface area contributed by atoms with E-state index in [2.05, 4.69) is 0 Å². The zero-order valence-electron chi connectivity index (χ0n) is 12.8. The molecular weight excluding hydrogens is 268 g/mol. The average Bonchev–Trinajstić information content (AvgIpc) is 2.61. The fraction of sp³-hybridized carbons (Fsp3) is 0.588. The summed E-state index contributed by atoms with van der Waals surface area (Å²) in [6.45, 7) is 5.11. The third kappa shape index (κ3) is 2.36. The molecule has 0 unspecified atom stereocenters.